The van der Waals surface area contributed by atoms with Gasteiger partial charge < -0.3 is 5.32 Å². The summed E-state index contributed by atoms with van der Waals surface area (Å²) in [6.45, 7) is 1.86. The smallest absolute Gasteiger partial charge is 0.125 e. The Kier molecular flexibility index (Phi) is 3.86. The third-order valence-electron chi connectivity index (χ3n) is 3.60. The summed E-state index contributed by atoms with van der Waals surface area (Å²) < 4.78 is 13.4. The molecule has 0 aromatic heterocycles. The first-order chi connectivity index (χ1) is 8.63. The molecule has 0 spiro atoms. The highest BCUT2D eigenvalue weighted by Gasteiger charge is 2.30. The van der Waals surface area contributed by atoms with Crippen LogP contribution in [-0.2, 0) is 0 Å². The minimum atomic E-state index is -0.517. The van der Waals surface area contributed by atoms with Gasteiger partial charge in [0, 0.05) is 5.69 Å². The molecule has 3 heteroatoms. The van der Waals surface area contributed by atoms with E-state index in [1.54, 1.807) is 0 Å². The number of halogens is 1. The number of hydrogen-bond donors (Lipinski definition) is 1. The zero-order valence-electron chi connectivity index (χ0n) is 10.8. The first kappa shape index (κ1) is 12.9. The standard InChI is InChI=1S/C15H19FN2/c1-12-8-13(16)10-14(9-12)18-15(11-17)6-4-2-3-5-7-15/h8-10,18H,2-7H2,1H3. The predicted molar refractivity (Wildman–Crippen MR) is 70.8 cm³/mol. The van der Waals surface area contributed by atoms with Gasteiger partial charge in [-0.1, -0.05) is 25.7 Å². The lowest BCUT2D eigenvalue weighted by atomic mass is 9.91. The number of nitriles is 1. The van der Waals surface area contributed by atoms with Crippen LogP contribution in [0.25, 0.3) is 0 Å². The van der Waals surface area contributed by atoms with Crippen molar-refractivity contribution >= 4 is 5.69 Å². The van der Waals surface area contributed by atoms with Crippen LogP contribution in [0.15, 0.2) is 18.2 Å². The van der Waals surface area contributed by atoms with E-state index in [4.69, 9.17) is 0 Å². The van der Waals surface area contributed by atoms with Gasteiger partial charge in [-0.15, -0.1) is 0 Å². The molecule has 1 aliphatic carbocycles. The van der Waals surface area contributed by atoms with Gasteiger partial charge in [0.05, 0.1) is 6.07 Å². The summed E-state index contributed by atoms with van der Waals surface area (Å²) >= 11 is 0. The van der Waals surface area contributed by atoms with E-state index in [1.165, 1.54) is 25.0 Å². The fourth-order valence-electron chi connectivity index (χ4n) is 2.68. The Labute approximate surface area is 108 Å². The van der Waals surface area contributed by atoms with Gasteiger partial charge in [-0.2, -0.15) is 5.26 Å². The van der Waals surface area contributed by atoms with E-state index >= 15 is 0 Å². The van der Waals surface area contributed by atoms with E-state index in [-0.39, 0.29) is 5.82 Å². The van der Waals surface area contributed by atoms with Crippen LogP contribution in [0.4, 0.5) is 10.1 Å². The molecule has 1 N–H and O–H groups in total. The Morgan fingerprint density at radius 1 is 1.17 bits per heavy atom. The molecule has 0 atom stereocenters. The maximum atomic E-state index is 13.4. The van der Waals surface area contributed by atoms with Crippen LogP contribution in [0.2, 0.25) is 0 Å². The largest absolute Gasteiger partial charge is 0.367 e. The molecule has 1 aliphatic rings. The first-order valence-corrected chi connectivity index (χ1v) is 6.60. The quantitative estimate of drug-likeness (QED) is 0.795. The van der Waals surface area contributed by atoms with Crippen LogP contribution in [-0.4, -0.2) is 5.54 Å². The van der Waals surface area contributed by atoms with Crippen molar-refractivity contribution in [1.82, 2.24) is 0 Å². The van der Waals surface area contributed by atoms with Crippen molar-refractivity contribution in [1.29, 1.82) is 5.26 Å². The number of benzene rings is 1. The molecule has 1 aromatic carbocycles. The Hall–Kier alpha value is -1.56. The van der Waals surface area contributed by atoms with Gasteiger partial charge >= 0.3 is 0 Å². The third-order valence-corrected chi connectivity index (χ3v) is 3.60. The van der Waals surface area contributed by atoms with Crippen LogP contribution in [0, 0.1) is 24.1 Å². The summed E-state index contributed by atoms with van der Waals surface area (Å²) in [5.74, 6) is -0.251. The Bertz CT molecular complexity index is 434. The highest BCUT2D eigenvalue weighted by Crippen LogP contribution is 2.30. The van der Waals surface area contributed by atoms with Gasteiger partial charge in [-0.05, 0) is 43.5 Å². The number of rotatable bonds is 2. The highest BCUT2D eigenvalue weighted by molar-refractivity contribution is 5.50. The lowest BCUT2D eigenvalue weighted by Gasteiger charge is -2.27. The van der Waals surface area contributed by atoms with Crippen molar-refractivity contribution in [2.24, 2.45) is 0 Å². The molecule has 96 valence electrons. The van der Waals surface area contributed by atoms with Gasteiger partial charge in [0.2, 0.25) is 0 Å². The minimum Gasteiger partial charge on any atom is -0.367 e. The van der Waals surface area contributed by atoms with Crippen molar-refractivity contribution in [3.8, 4) is 6.07 Å². The second-order valence-corrected chi connectivity index (χ2v) is 5.25. The number of aryl methyl sites for hydroxylation is 1. The fourth-order valence-corrected chi connectivity index (χ4v) is 2.68. The second kappa shape index (κ2) is 5.39. The molecule has 0 saturated heterocycles. The van der Waals surface area contributed by atoms with Crippen LogP contribution in [0.5, 0.6) is 0 Å². The van der Waals surface area contributed by atoms with E-state index in [0.717, 1.165) is 36.9 Å². The Morgan fingerprint density at radius 3 is 2.39 bits per heavy atom. The summed E-state index contributed by atoms with van der Waals surface area (Å²) in [5.41, 5.74) is 1.08. The van der Waals surface area contributed by atoms with E-state index in [2.05, 4.69) is 11.4 Å². The zero-order chi connectivity index (χ0) is 13.0. The SMILES string of the molecule is Cc1cc(F)cc(NC2(C#N)CCCCCC2)c1. The molecule has 2 nitrogen and oxygen atoms in total. The lowest BCUT2D eigenvalue weighted by molar-refractivity contribution is 0.510. The molecule has 1 aromatic rings. The summed E-state index contributed by atoms with van der Waals surface area (Å²) in [7, 11) is 0. The van der Waals surface area contributed by atoms with Gasteiger partial charge in [-0.25, -0.2) is 4.39 Å². The third kappa shape index (κ3) is 3.01. The first-order valence-electron chi connectivity index (χ1n) is 6.60. The van der Waals surface area contributed by atoms with Crippen molar-refractivity contribution < 1.29 is 4.39 Å². The fraction of sp³-hybridized carbons (Fsp3) is 0.533. The zero-order valence-corrected chi connectivity index (χ0v) is 10.8. The second-order valence-electron chi connectivity index (χ2n) is 5.25. The predicted octanol–water partition coefficient (Wildman–Crippen LogP) is 4.16. The molecular weight excluding hydrogens is 227 g/mol. The Balaban J connectivity index is 2.21. The highest BCUT2D eigenvalue weighted by atomic mass is 19.1. The van der Waals surface area contributed by atoms with Gasteiger partial charge in [-0.3, -0.25) is 0 Å². The molecule has 2 rings (SSSR count). The maximum Gasteiger partial charge on any atom is 0.125 e. The van der Waals surface area contributed by atoms with Gasteiger partial charge in [0.25, 0.3) is 0 Å². The molecule has 0 unspecified atom stereocenters. The molecular formula is C15H19FN2. The summed E-state index contributed by atoms with van der Waals surface area (Å²) in [6, 6.07) is 7.27. The summed E-state index contributed by atoms with van der Waals surface area (Å²) in [4.78, 5) is 0. The normalized spacial score (nSPS) is 18.7. The van der Waals surface area contributed by atoms with Crippen molar-refractivity contribution in [3.05, 3.63) is 29.6 Å². The molecule has 0 heterocycles. The van der Waals surface area contributed by atoms with Gasteiger partial charge in [0.1, 0.15) is 11.4 Å². The van der Waals surface area contributed by atoms with Crippen LogP contribution >= 0.6 is 0 Å². The number of hydrogen-bond acceptors (Lipinski definition) is 2. The topological polar surface area (TPSA) is 35.8 Å². The van der Waals surface area contributed by atoms with Crippen LogP contribution in [0.3, 0.4) is 0 Å². The van der Waals surface area contributed by atoms with E-state index in [0.29, 0.717) is 0 Å². The average Bonchev–Trinajstić information content (AvgIpc) is 2.54. The van der Waals surface area contributed by atoms with E-state index < -0.39 is 5.54 Å². The summed E-state index contributed by atoms with van der Waals surface area (Å²) in [6.07, 6.45) is 6.20. The minimum absolute atomic E-state index is 0.251. The van der Waals surface area contributed by atoms with Crippen molar-refractivity contribution in [2.75, 3.05) is 5.32 Å². The van der Waals surface area contributed by atoms with E-state index in [9.17, 15) is 9.65 Å². The molecule has 18 heavy (non-hydrogen) atoms. The van der Waals surface area contributed by atoms with E-state index in [1.807, 2.05) is 13.0 Å². The number of nitrogens with zero attached hydrogens (tertiary/aromatic N) is 1. The molecule has 1 fully saturated rings. The summed E-state index contributed by atoms with van der Waals surface area (Å²) in [5, 5.41) is 12.7. The number of nitrogens with one attached hydrogen (secondary N) is 1. The van der Waals surface area contributed by atoms with Crippen LogP contribution in [0.1, 0.15) is 44.1 Å². The Morgan fingerprint density at radius 2 is 1.83 bits per heavy atom. The lowest BCUT2D eigenvalue weighted by Crippen LogP contribution is -2.36. The molecule has 0 aliphatic heterocycles. The molecule has 0 amide bonds. The number of anilines is 1. The monoisotopic (exact) mass is 246 g/mol. The molecule has 1 saturated carbocycles. The van der Waals surface area contributed by atoms with Crippen molar-refractivity contribution in [2.45, 2.75) is 51.0 Å². The van der Waals surface area contributed by atoms with Crippen LogP contribution < -0.4 is 5.32 Å². The maximum absolute atomic E-state index is 13.4. The average molecular weight is 246 g/mol. The molecule has 0 radical (unpaired) electrons. The van der Waals surface area contributed by atoms with Crippen molar-refractivity contribution in [3.63, 3.8) is 0 Å². The van der Waals surface area contributed by atoms with Gasteiger partial charge in [0.15, 0.2) is 0 Å². The molecule has 0 bridgehead atoms.